The summed E-state index contributed by atoms with van der Waals surface area (Å²) in [7, 11) is 0. The standard InChI is InChI=1S/C17H14BrNS/c18-15-7-4-8-16(9-15)20-17(12-19)10-14(11-17)13-5-2-1-3-6-13/h1-9,14H,10-11H2. The zero-order chi connectivity index (χ0) is 14.0. The summed E-state index contributed by atoms with van der Waals surface area (Å²) in [5.41, 5.74) is 1.35. The van der Waals surface area contributed by atoms with Crippen LogP contribution in [0, 0.1) is 11.3 Å². The molecule has 2 aromatic carbocycles. The van der Waals surface area contributed by atoms with E-state index in [-0.39, 0.29) is 4.75 Å². The second-order valence-corrected chi connectivity index (χ2v) is 7.55. The Hall–Kier alpha value is -1.24. The average Bonchev–Trinajstić information content (AvgIpc) is 2.43. The molecular weight excluding hydrogens is 330 g/mol. The van der Waals surface area contributed by atoms with E-state index in [0.717, 1.165) is 22.2 Å². The lowest BCUT2D eigenvalue weighted by Gasteiger charge is -2.42. The van der Waals surface area contributed by atoms with Gasteiger partial charge in [-0.1, -0.05) is 52.3 Å². The Morgan fingerprint density at radius 2 is 1.85 bits per heavy atom. The molecule has 0 aromatic heterocycles. The van der Waals surface area contributed by atoms with Gasteiger partial charge in [0.1, 0.15) is 4.75 Å². The summed E-state index contributed by atoms with van der Waals surface area (Å²) in [6.45, 7) is 0. The molecule has 20 heavy (non-hydrogen) atoms. The van der Waals surface area contributed by atoms with Crippen LogP contribution in [0.5, 0.6) is 0 Å². The molecule has 1 aliphatic carbocycles. The summed E-state index contributed by atoms with van der Waals surface area (Å²) in [6, 6.07) is 21.2. The summed E-state index contributed by atoms with van der Waals surface area (Å²) in [4.78, 5) is 1.16. The third-order valence-electron chi connectivity index (χ3n) is 3.74. The molecule has 0 saturated heterocycles. The molecule has 0 unspecified atom stereocenters. The molecule has 1 saturated carbocycles. The molecule has 1 nitrogen and oxygen atoms in total. The van der Waals surface area contributed by atoms with E-state index in [1.165, 1.54) is 5.56 Å². The van der Waals surface area contributed by atoms with Crippen molar-refractivity contribution in [3.05, 3.63) is 64.6 Å². The number of nitrogens with zero attached hydrogens (tertiary/aromatic N) is 1. The first kappa shape index (κ1) is 13.7. The van der Waals surface area contributed by atoms with Crippen LogP contribution in [0.4, 0.5) is 0 Å². The molecule has 100 valence electrons. The van der Waals surface area contributed by atoms with Crippen LogP contribution in [0.3, 0.4) is 0 Å². The fourth-order valence-corrected chi connectivity index (χ4v) is 4.60. The molecular formula is C17H14BrNS. The molecule has 3 rings (SSSR count). The van der Waals surface area contributed by atoms with Crippen molar-refractivity contribution in [3.8, 4) is 6.07 Å². The maximum atomic E-state index is 9.55. The van der Waals surface area contributed by atoms with Crippen LogP contribution in [0.25, 0.3) is 0 Å². The van der Waals surface area contributed by atoms with Gasteiger partial charge in [-0.05, 0) is 42.5 Å². The molecule has 0 amide bonds. The second-order valence-electron chi connectivity index (χ2n) is 5.18. The van der Waals surface area contributed by atoms with Crippen molar-refractivity contribution < 1.29 is 0 Å². The van der Waals surface area contributed by atoms with Crippen molar-refractivity contribution >= 4 is 27.7 Å². The van der Waals surface area contributed by atoms with Crippen LogP contribution in [0.1, 0.15) is 24.3 Å². The van der Waals surface area contributed by atoms with Gasteiger partial charge < -0.3 is 0 Å². The Balaban J connectivity index is 1.72. The van der Waals surface area contributed by atoms with Crippen molar-refractivity contribution in [1.82, 2.24) is 0 Å². The van der Waals surface area contributed by atoms with Crippen molar-refractivity contribution in [3.63, 3.8) is 0 Å². The fraction of sp³-hybridized carbons (Fsp3) is 0.235. The first-order valence-electron chi connectivity index (χ1n) is 6.62. The molecule has 2 aromatic rings. The van der Waals surface area contributed by atoms with Crippen molar-refractivity contribution in [2.75, 3.05) is 0 Å². The minimum atomic E-state index is -0.263. The van der Waals surface area contributed by atoms with Crippen LogP contribution in [0.2, 0.25) is 0 Å². The quantitative estimate of drug-likeness (QED) is 0.746. The number of benzene rings is 2. The minimum Gasteiger partial charge on any atom is -0.197 e. The topological polar surface area (TPSA) is 23.8 Å². The Labute approximate surface area is 132 Å². The van der Waals surface area contributed by atoms with Gasteiger partial charge in [-0.3, -0.25) is 0 Å². The van der Waals surface area contributed by atoms with Crippen LogP contribution < -0.4 is 0 Å². The summed E-state index contributed by atoms with van der Waals surface area (Å²) in [5.74, 6) is 0.524. The molecule has 1 fully saturated rings. The predicted octanol–water partition coefficient (Wildman–Crippen LogP) is 5.38. The number of halogens is 1. The third-order valence-corrected chi connectivity index (χ3v) is 5.53. The number of rotatable bonds is 3. The van der Waals surface area contributed by atoms with E-state index in [9.17, 15) is 5.26 Å². The van der Waals surface area contributed by atoms with Crippen molar-refractivity contribution in [2.24, 2.45) is 0 Å². The van der Waals surface area contributed by atoms with Gasteiger partial charge >= 0.3 is 0 Å². The molecule has 3 heteroatoms. The summed E-state index contributed by atoms with van der Waals surface area (Å²) in [6.07, 6.45) is 1.87. The van der Waals surface area contributed by atoms with Gasteiger partial charge in [0, 0.05) is 9.37 Å². The molecule has 0 radical (unpaired) electrons. The maximum absolute atomic E-state index is 9.55. The van der Waals surface area contributed by atoms with Gasteiger partial charge in [0.05, 0.1) is 6.07 Å². The second kappa shape index (κ2) is 5.63. The fourth-order valence-electron chi connectivity index (χ4n) is 2.65. The molecule has 0 heterocycles. The molecule has 1 aliphatic rings. The predicted molar refractivity (Wildman–Crippen MR) is 86.8 cm³/mol. The maximum Gasteiger partial charge on any atom is 0.108 e. The highest BCUT2D eigenvalue weighted by Crippen LogP contribution is 2.54. The highest BCUT2D eigenvalue weighted by Gasteiger charge is 2.46. The van der Waals surface area contributed by atoms with E-state index >= 15 is 0 Å². The number of thioether (sulfide) groups is 1. The molecule has 0 N–H and O–H groups in total. The van der Waals surface area contributed by atoms with Gasteiger partial charge in [-0.2, -0.15) is 5.26 Å². The van der Waals surface area contributed by atoms with E-state index in [1.54, 1.807) is 11.8 Å². The van der Waals surface area contributed by atoms with Crippen LogP contribution in [0.15, 0.2) is 64.0 Å². The lowest BCUT2D eigenvalue weighted by atomic mass is 9.71. The number of hydrogen-bond acceptors (Lipinski definition) is 2. The molecule has 0 atom stereocenters. The van der Waals surface area contributed by atoms with E-state index in [1.807, 2.05) is 18.2 Å². The summed E-state index contributed by atoms with van der Waals surface area (Å²) < 4.78 is 0.802. The lowest BCUT2D eigenvalue weighted by molar-refractivity contribution is 0.368. The van der Waals surface area contributed by atoms with Gasteiger partial charge in [-0.15, -0.1) is 11.8 Å². The van der Waals surface area contributed by atoms with Crippen molar-refractivity contribution in [2.45, 2.75) is 28.4 Å². The highest BCUT2D eigenvalue weighted by molar-refractivity contribution is 9.10. The largest absolute Gasteiger partial charge is 0.197 e. The summed E-state index contributed by atoms with van der Waals surface area (Å²) >= 11 is 5.18. The minimum absolute atomic E-state index is 0.263. The number of hydrogen-bond donors (Lipinski definition) is 0. The van der Waals surface area contributed by atoms with E-state index in [4.69, 9.17) is 0 Å². The van der Waals surface area contributed by atoms with E-state index in [2.05, 4.69) is 58.4 Å². The first-order chi connectivity index (χ1) is 9.71. The molecule has 0 spiro atoms. The third kappa shape index (κ3) is 2.77. The Bertz CT molecular complexity index is 642. The molecule has 0 bridgehead atoms. The zero-order valence-electron chi connectivity index (χ0n) is 10.9. The Kier molecular flexibility index (Phi) is 3.87. The smallest absolute Gasteiger partial charge is 0.108 e. The van der Waals surface area contributed by atoms with Gasteiger partial charge in [-0.25, -0.2) is 0 Å². The normalized spacial score (nSPS) is 24.7. The van der Waals surface area contributed by atoms with Crippen LogP contribution >= 0.6 is 27.7 Å². The molecule has 0 aliphatic heterocycles. The Morgan fingerprint density at radius 1 is 1.10 bits per heavy atom. The van der Waals surface area contributed by atoms with Crippen LogP contribution in [-0.2, 0) is 0 Å². The average molecular weight is 344 g/mol. The van der Waals surface area contributed by atoms with Gasteiger partial charge in [0.25, 0.3) is 0 Å². The Morgan fingerprint density at radius 3 is 2.50 bits per heavy atom. The summed E-state index contributed by atoms with van der Waals surface area (Å²) in [5, 5.41) is 9.55. The van der Waals surface area contributed by atoms with Crippen molar-refractivity contribution in [1.29, 1.82) is 5.26 Å². The van der Waals surface area contributed by atoms with Gasteiger partial charge in [0.15, 0.2) is 0 Å². The first-order valence-corrected chi connectivity index (χ1v) is 8.22. The lowest BCUT2D eigenvalue weighted by Crippen LogP contribution is -2.38. The SMILES string of the molecule is N#CC1(Sc2cccc(Br)c2)CC(c2ccccc2)C1. The monoisotopic (exact) mass is 343 g/mol. The van der Waals surface area contributed by atoms with Gasteiger partial charge in [0.2, 0.25) is 0 Å². The van der Waals surface area contributed by atoms with Crippen LogP contribution in [-0.4, -0.2) is 4.75 Å². The number of nitriles is 1. The zero-order valence-corrected chi connectivity index (χ0v) is 13.3. The van der Waals surface area contributed by atoms with E-state index in [0.29, 0.717) is 5.92 Å². The van der Waals surface area contributed by atoms with E-state index < -0.39 is 0 Å². The highest BCUT2D eigenvalue weighted by atomic mass is 79.9.